The van der Waals surface area contributed by atoms with Gasteiger partial charge in [-0.2, -0.15) is 10.2 Å². The Labute approximate surface area is 188 Å². The van der Waals surface area contributed by atoms with Crippen LogP contribution in [0.4, 0.5) is 10.5 Å². The molecule has 2 N–H and O–H groups in total. The number of carbonyl (C=O) groups excluding carboxylic acids is 1. The van der Waals surface area contributed by atoms with Crippen molar-refractivity contribution in [3.8, 4) is 11.1 Å². The highest BCUT2D eigenvalue weighted by molar-refractivity contribution is 5.80. The molecule has 3 aromatic heterocycles. The zero-order valence-corrected chi connectivity index (χ0v) is 18.9. The van der Waals surface area contributed by atoms with Gasteiger partial charge < -0.3 is 20.4 Å². The SMILES string of the molecule is CC(C)NC(=O)N1CCN(c2ccnn3cc(-c4cnn([C@H]5CCCNC5)c4)cc23)CC1. The van der Waals surface area contributed by atoms with Crippen LogP contribution in [0.1, 0.15) is 32.7 Å². The van der Waals surface area contributed by atoms with Crippen molar-refractivity contribution in [2.24, 2.45) is 0 Å². The van der Waals surface area contributed by atoms with Gasteiger partial charge in [0.2, 0.25) is 0 Å². The van der Waals surface area contributed by atoms with E-state index in [2.05, 4.69) is 54.9 Å². The Kier molecular flexibility index (Phi) is 5.73. The predicted octanol–water partition coefficient (Wildman–Crippen LogP) is 2.36. The highest BCUT2D eigenvalue weighted by atomic mass is 16.2. The van der Waals surface area contributed by atoms with Gasteiger partial charge in [-0.15, -0.1) is 0 Å². The van der Waals surface area contributed by atoms with Gasteiger partial charge in [0.15, 0.2) is 0 Å². The van der Waals surface area contributed by atoms with Crippen LogP contribution < -0.4 is 15.5 Å². The highest BCUT2D eigenvalue weighted by Gasteiger charge is 2.23. The second-order valence-electron chi connectivity index (χ2n) is 9.06. The van der Waals surface area contributed by atoms with Crippen molar-refractivity contribution in [2.45, 2.75) is 38.8 Å². The molecule has 2 aliphatic rings. The van der Waals surface area contributed by atoms with Crippen molar-refractivity contribution < 1.29 is 4.79 Å². The quantitative estimate of drug-likeness (QED) is 0.656. The van der Waals surface area contributed by atoms with Crippen molar-refractivity contribution in [1.82, 2.24) is 34.9 Å². The summed E-state index contributed by atoms with van der Waals surface area (Å²) in [6.45, 7) is 9.08. The smallest absolute Gasteiger partial charge is 0.317 e. The van der Waals surface area contributed by atoms with Gasteiger partial charge in [-0.25, -0.2) is 9.31 Å². The third kappa shape index (κ3) is 4.17. The lowest BCUT2D eigenvalue weighted by molar-refractivity contribution is 0.192. The fraction of sp³-hybridized carbons (Fsp3) is 0.522. The van der Waals surface area contributed by atoms with E-state index in [0.717, 1.165) is 48.5 Å². The number of piperazine rings is 1. The summed E-state index contributed by atoms with van der Waals surface area (Å²) >= 11 is 0. The Bertz CT molecular complexity index is 1070. The number of piperidine rings is 1. The van der Waals surface area contributed by atoms with Gasteiger partial charge in [0.05, 0.1) is 23.4 Å². The molecule has 1 atom stereocenters. The van der Waals surface area contributed by atoms with Gasteiger partial charge in [-0.05, 0) is 45.4 Å². The lowest BCUT2D eigenvalue weighted by Gasteiger charge is -2.36. The van der Waals surface area contributed by atoms with Crippen LogP contribution in [0.15, 0.2) is 36.9 Å². The minimum Gasteiger partial charge on any atom is -0.366 e. The molecule has 5 rings (SSSR count). The Morgan fingerprint density at radius 2 is 2.00 bits per heavy atom. The van der Waals surface area contributed by atoms with E-state index in [0.29, 0.717) is 19.1 Å². The molecule has 0 aromatic carbocycles. The summed E-state index contributed by atoms with van der Waals surface area (Å²) in [5, 5.41) is 15.6. The molecule has 0 aliphatic carbocycles. The molecule has 0 saturated carbocycles. The summed E-state index contributed by atoms with van der Waals surface area (Å²) in [5.74, 6) is 0. The molecule has 9 nitrogen and oxygen atoms in total. The number of urea groups is 1. The first kappa shape index (κ1) is 20.8. The van der Waals surface area contributed by atoms with Crippen molar-refractivity contribution >= 4 is 17.2 Å². The summed E-state index contributed by atoms with van der Waals surface area (Å²) in [6.07, 6.45) is 10.4. The van der Waals surface area contributed by atoms with Gasteiger partial charge in [0.25, 0.3) is 0 Å². The maximum Gasteiger partial charge on any atom is 0.317 e. The van der Waals surface area contributed by atoms with E-state index >= 15 is 0 Å². The highest BCUT2D eigenvalue weighted by Crippen LogP contribution is 2.29. The first-order chi connectivity index (χ1) is 15.6. The molecule has 2 saturated heterocycles. The van der Waals surface area contributed by atoms with E-state index in [4.69, 9.17) is 0 Å². The zero-order valence-electron chi connectivity index (χ0n) is 18.9. The normalized spacial score (nSPS) is 19.7. The first-order valence-electron chi connectivity index (χ1n) is 11.6. The van der Waals surface area contributed by atoms with Crippen LogP contribution in [-0.2, 0) is 0 Å². The van der Waals surface area contributed by atoms with Crippen molar-refractivity contribution in [2.75, 3.05) is 44.2 Å². The number of amides is 2. The van der Waals surface area contributed by atoms with Crippen LogP contribution >= 0.6 is 0 Å². The maximum atomic E-state index is 12.3. The summed E-state index contributed by atoms with van der Waals surface area (Å²) in [7, 11) is 0. The van der Waals surface area contributed by atoms with Gasteiger partial charge in [0, 0.05) is 68.5 Å². The molecule has 0 radical (unpaired) electrons. The summed E-state index contributed by atoms with van der Waals surface area (Å²) in [5.41, 5.74) is 4.46. The molecule has 0 bridgehead atoms. The van der Waals surface area contributed by atoms with E-state index in [-0.39, 0.29) is 12.1 Å². The number of nitrogens with one attached hydrogen (secondary N) is 2. The van der Waals surface area contributed by atoms with Crippen LogP contribution in [0, 0.1) is 0 Å². The van der Waals surface area contributed by atoms with Crippen LogP contribution in [0.2, 0.25) is 0 Å². The van der Waals surface area contributed by atoms with Crippen LogP contribution in [-0.4, -0.2) is 75.6 Å². The van der Waals surface area contributed by atoms with Gasteiger partial charge in [-0.1, -0.05) is 0 Å². The largest absolute Gasteiger partial charge is 0.366 e. The number of hydrogen-bond donors (Lipinski definition) is 2. The molecule has 9 heteroatoms. The summed E-state index contributed by atoms with van der Waals surface area (Å²) in [6, 6.07) is 4.86. The number of hydrogen-bond acceptors (Lipinski definition) is 5. The summed E-state index contributed by atoms with van der Waals surface area (Å²) in [4.78, 5) is 16.6. The van der Waals surface area contributed by atoms with Crippen LogP contribution in [0.25, 0.3) is 16.6 Å². The van der Waals surface area contributed by atoms with Crippen molar-refractivity contribution in [3.63, 3.8) is 0 Å². The van der Waals surface area contributed by atoms with E-state index < -0.39 is 0 Å². The fourth-order valence-corrected chi connectivity index (χ4v) is 4.66. The zero-order chi connectivity index (χ0) is 22.1. The lowest BCUT2D eigenvalue weighted by Crippen LogP contribution is -2.53. The molecule has 3 aromatic rings. The molecule has 2 amide bonds. The second kappa shape index (κ2) is 8.82. The van der Waals surface area contributed by atoms with Crippen LogP contribution in [0.3, 0.4) is 0 Å². The molecule has 2 aliphatic heterocycles. The second-order valence-corrected chi connectivity index (χ2v) is 9.06. The molecule has 170 valence electrons. The van der Waals surface area contributed by atoms with Crippen molar-refractivity contribution in [1.29, 1.82) is 0 Å². The lowest BCUT2D eigenvalue weighted by atomic mass is 10.1. The number of anilines is 1. The molecule has 0 unspecified atom stereocenters. The average Bonchev–Trinajstić information content (AvgIpc) is 3.46. The standard InChI is InChI=1S/C23H32N8O/c1-17(2)27-23(32)29-10-8-28(9-11-29)21-5-7-25-31-15-18(12-22(21)31)19-13-26-30(16-19)20-4-3-6-24-14-20/h5,7,12-13,15-17,20,24H,3-4,6,8-11,14H2,1-2H3,(H,27,32)/t20-/m0/s1. The maximum absolute atomic E-state index is 12.3. The minimum atomic E-state index is 0.0228. The molecule has 32 heavy (non-hydrogen) atoms. The van der Waals surface area contributed by atoms with E-state index in [1.165, 1.54) is 12.8 Å². The first-order valence-corrected chi connectivity index (χ1v) is 11.6. The summed E-state index contributed by atoms with van der Waals surface area (Å²) < 4.78 is 4.04. The predicted molar refractivity (Wildman–Crippen MR) is 125 cm³/mol. The third-order valence-corrected chi connectivity index (χ3v) is 6.39. The van der Waals surface area contributed by atoms with Gasteiger partial charge >= 0.3 is 6.03 Å². The Balaban J connectivity index is 1.33. The Morgan fingerprint density at radius 3 is 2.75 bits per heavy atom. The fourth-order valence-electron chi connectivity index (χ4n) is 4.66. The molecule has 0 spiro atoms. The number of aromatic nitrogens is 4. The topological polar surface area (TPSA) is 82.7 Å². The number of rotatable bonds is 4. The van der Waals surface area contributed by atoms with Crippen molar-refractivity contribution in [3.05, 3.63) is 36.9 Å². The third-order valence-electron chi connectivity index (χ3n) is 6.39. The molecule has 2 fully saturated rings. The van der Waals surface area contributed by atoms with Gasteiger partial charge in [0.1, 0.15) is 0 Å². The molecule has 5 heterocycles. The Hall–Kier alpha value is -3.07. The minimum absolute atomic E-state index is 0.0228. The van der Waals surface area contributed by atoms with E-state index in [1.807, 2.05) is 35.7 Å². The molecular formula is C23H32N8O. The van der Waals surface area contributed by atoms with Gasteiger partial charge in [-0.3, -0.25) is 4.68 Å². The average molecular weight is 437 g/mol. The van der Waals surface area contributed by atoms with E-state index in [1.54, 1.807) is 0 Å². The van der Waals surface area contributed by atoms with E-state index in [9.17, 15) is 4.79 Å². The van der Waals surface area contributed by atoms with Crippen LogP contribution in [0.5, 0.6) is 0 Å². The number of nitrogens with zero attached hydrogens (tertiary/aromatic N) is 6. The molecular weight excluding hydrogens is 404 g/mol. The Morgan fingerprint density at radius 1 is 1.16 bits per heavy atom. The number of carbonyl (C=O) groups is 1. The monoisotopic (exact) mass is 436 g/mol. The number of fused-ring (bicyclic) bond motifs is 1.